The Labute approximate surface area is 62.6 Å². The van der Waals surface area contributed by atoms with E-state index in [0.717, 1.165) is 0 Å². The Morgan fingerprint density at radius 1 is 1.73 bits per heavy atom. The third-order valence-electron chi connectivity index (χ3n) is 1.13. The van der Waals surface area contributed by atoms with Crippen LogP contribution in [-0.2, 0) is 11.3 Å². The number of aromatic nitrogens is 1. The summed E-state index contributed by atoms with van der Waals surface area (Å²) in [6, 6.07) is 2.74. The Morgan fingerprint density at radius 2 is 2.55 bits per heavy atom. The fourth-order valence-corrected chi connectivity index (χ4v) is 0.642. The molecule has 1 heterocycles. The highest BCUT2D eigenvalue weighted by molar-refractivity contribution is 5.33. The molecule has 0 radical (unpaired) electrons. The number of rotatable bonds is 2. The van der Waals surface area contributed by atoms with Gasteiger partial charge in [0, 0.05) is 6.20 Å². The number of hydrogen-bond acceptors (Lipinski definition) is 3. The van der Waals surface area contributed by atoms with Crippen LogP contribution in [0.3, 0.4) is 0 Å². The van der Waals surface area contributed by atoms with Crippen LogP contribution >= 0.6 is 0 Å². The first kappa shape index (κ1) is 7.57. The van der Waals surface area contributed by atoms with Crippen molar-refractivity contribution < 1.29 is 9.18 Å². The summed E-state index contributed by atoms with van der Waals surface area (Å²) in [5.41, 5.74) is 0.163. The monoisotopic (exact) mass is 152 g/mol. The third kappa shape index (κ3) is 1.95. The van der Waals surface area contributed by atoms with Gasteiger partial charge in [-0.2, -0.15) is 4.99 Å². The molecule has 56 valence electrons. The lowest BCUT2D eigenvalue weighted by Crippen LogP contribution is -1.91. The zero-order chi connectivity index (χ0) is 8.10. The van der Waals surface area contributed by atoms with E-state index in [0.29, 0.717) is 0 Å². The zero-order valence-electron chi connectivity index (χ0n) is 5.62. The Kier molecular flexibility index (Phi) is 2.47. The van der Waals surface area contributed by atoms with Crippen molar-refractivity contribution in [3.8, 4) is 0 Å². The van der Waals surface area contributed by atoms with E-state index in [1.165, 1.54) is 24.4 Å². The van der Waals surface area contributed by atoms with Gasteiger partial charge in [-0.05, 0) is 12.1 Å². The number of carbonyl (C=O) groups excluding carboxylic acids is 1. The minimum Gasteiger partial charge on any atom is -0.256 e. The van der Waals surface area contributed by atoms with Gasteiger partial charge in [0.15, 0.2) is 0 Å². The van der Waals surface area contributed by atoms with Gasteiger partial charge in [0.2, 0.25) is 6.08 Å². The molecule has 0 saturated carbocycles. The molecule has 0 N–H and O–H groups in total. The number of pyridine rings is 1. The van der Waals surface area contributed by atoms with Gasteiger partial charge in [0.05, 0.1) is 12.2 Å². The summed E-state index contributed by atoms with van der Waals surface area (Å²) in [6.45, 7) is -0.0455. The highest BCUT2D eigenvalue weighted by Crippen LogP contribution is 2.02. The third-order valence-corrected chi connectivity index (χ3v) is 1.13. The Morgan fingerprint density at radius 3 is 3.18 bits per heavy atom. The lowest BCUT2D eigenvalue weighted by molar-refractivity contribution is 0.560. The van der Waals surface area contributed by atoms with Crippen LogP contribution in [0.25, 0.3) is 0 Å². The zero-order valence-corrected chi connectivity index (χ0v) is 5.62. The van der Waals surface area contributed by atoms with Crippen molar-refractivity contribution in [2.75, 3.05) is 0 Å². The predicted molar refractivity (Wildman–Crippen MR) is 36.0 cm³/mol. The van der Waals surface area contributed by atoms with Crippen molar-refractivity contribution in [1.29, 1.82) is 0 Å². The van der Waals surface area contributed by atoms with E-state index in [1.807, 2.05) is 0 Å². The van der Waals surface area contributed by atoms with Crippen LogP contribution < -0.4 is 0 Å². The molecule has 1 aromatic rings. The molecule has 0 aliphatic heterocycles. The van der Waals surface area contributed by atoms with Gasteiger partial charge >= 0.3 is 0 Å². The first-order chi connectivity index (χ1) is 5.34. The van der Waals surface area contributed by atoms with E-state index in [1.54, 1.807) is 0 Å². The van der Waals surface area contributed by atoms with Gasteiger partial charge in [-0.1, -0.05) is 0 Å². The highest BCUT2D eigenvalue weighted by Gasteiger charge is 1.98. The van der Waals surface area contributed by atoms with Crippen molar-refractivity contribution in [3.05, 3.63) is 29.8 Å². The van der Waals surface area contributed by atoms with E-state index in [9.17, 15) is 9.18 Å². The topological polar surface area (TPSA) is 42.3 Å². The van der Waals surface area contributed by atoms with Gasteiger partial charge in [-0.15, -0.1) is 0 Å². The average Bonchev–Trinajstić information content (AvgIpc) is 2.03. The smallest absolute Gasteiger partial charge is 0.235 e. The molecule has 0 aromatic carbocycles. The molecule has 1 aromatic heterocycles. The summed E-state index contributed by atoms with van der Waals surface area (Å²) in [4.78, 5) is 16.5. The van der Waals surface area contributed by atoms with Gasteiger partial charge in [-0.25, -0.2) is 9.18 Å². The van der Waals surface area contributed by atoms with Gasteiger partial charge < -0.3 is 0 Å². The second kappa shape index (κ2) is 3.58. The highest BCUT2D eigenvalue weighted by atomic mass is 19.1. The predicted octanol–water partition coefficient (Wildman–Crippen LogP) is 1.06. The minimum absolute atomic E-state index is 0.0455. The van der Waals surface area contributed by atoms with E-state index in [2.05, 4.69) is 9.98 Å². The molecule has 4 heteroatoms. The summed E-state index contributed by atoms with van der Waals surface area (Å²) >= 11 is 0. The Bertz CT molecular complexity index is 294. The lowest BCUT2D eigenvalue weighted by atomic mass is 10.3. The van der Waals surface area contributed by atoms with Crippen LogP contribution in [0, 0.1) is 5.82 Å². The van der Waals surface area contributed by atoms with Gasteiger partial charge in [0.25, 0.3) is 0 Å². The average molecular weight is 152 g/mol. The summed E-state index contributed by atoms with van der Waals surface area (Å²) < 4.78 is 12.7. The van der Waals surface area contributed by atoms with E-state index >= 15 is 0 Å². The molecule has 1 rings (SSSR count). The fourth-order valence-electron chi connectivity index (χ4n) is 0.642. The Balaban J connectivity index is 2.85. The molecule has 0 bridgehead atoms. The van der Waals surface area contributed by atoms with Crippen LogP contribution in [0.1, 0.15) is 5.69 Å². The quantitative estimate of drug-likeness (QED) is 0.469. The van der Waals surface area contributed by atoms with Crippen LogP contribution in [0.2, 0.25) is 0 Å². The SMILES string of the molecule is O=C=NCc1ncccc1F. The molecule has 0 aliphatic rings. The van der Waals surface area contributed by atoms with Crippen molar-refractivity contribution >= 4 is 6.08 Å². The van der Waals surface area contributed by atoms with Gasteiger partial charge in [0.1, 0.15) is 5.82 Å². The summed E-state index contributed by atoms with van der Waals surface area (Å²) in [5, 5.41) is 0. The van der Waals surface area contributed by atoms with E-state index in [4.69, 9.17) is 0 Å². The molecular formula is C7H5FN2O. The maximum Gasteiger partial charge on any atom is 0.235 e. The fraction of sp³-hybridized carbons (Fsp3) is 0.143. The number of isocyanates is 1. The molecule has 0 spiro atoms. The molecule has 0 atom stereocenters. The van der Waals surface area contributed by atoms with Crippen molar-refractivity contribution in [2.24, 2.45) is 4.99 Å². The van der Waals surface area contributed by atoms with E-state index < -0.39 is 5.82 Å². The van der Waals surface area contributed by atoms with Crippen LogP contribution in [-0.4, -0.2) is 11.1 Å². The van der Waals surface area contributed by atoms with Crippen LogP contribution in [0.15, 0.2) is 23.3 Å². The lowest BCUT2D eigenvalue weighted by Gasteiger charge is -1.93. The van der Waals surface area contributed by atoms with Crippen molar-refractivity contribution in [3.63, 3.8) is 0 Å². The molecule has 11 heavy (non-hydrogen) atoms. The first-order valence-corrected chi connectivity index (χ1v) is 2.97. The number of aliphatic imine (C=N–C) groups is 1. The number of hydrogen-bond donors (Lipinski definition) is 0. The molecule has 0 unspecified atom stereocenters. The van der Waals surface area contributed by atoms with Crippen molar-refractivity contribution in [2.45, 2.75) is 6.54 Å². The second-order valence-electron chi connectivity index (χ2n) is 1.84. The van der Waals surface area contributed by atoms with Crippen molar-refractivity contribution in [1.82, 2.24) is 4.98 Å². The Hall–Kier alpha value is -1.54. The standard InChI is InChI=1S/C7H5FN2O/c8-6-2-1-3-10-7(6)4-9-5-11/h1-3H,4H2. The summed E-state index contributed by atoms with van der Waals surface area (Å²) in [6.07, 6.45) is 2.75. The number of halogens is 1. The van der Waals surface area contributed by atoms with Crippen LogP contribution in [0.4, 0.5) is 4.39 Å². The van der Waals surface area contributed by atoms with E-state index in [-0.39, 0.29) is 12.2 Å². The molecule has 0 saturated heterocycles. The maximum atomic E-state index is 12.7. The first-order valence-electron chi connectivity index (χ1n) is 2.97. The van der Waals surface area contributed by atoms with Crippen LogP contribution in [0.5, 0.6) is 0 Å². The van der Waals surface area contributed by atoms with Gasteiger partial charge in [-0.3, -0.25) is 4.98 Å². The molecule has 0 amide bonds. The molecular weight excluding hydrogens is 147 g/mol. The summed E-state index contributed by atoms with van der Waals surface area (Å²) in [5.74, 6) is -0.452. The number of nitrogens with zero attached hydrogens (tertiary/aromatic N) is 2. The largest absolute Gasteiger partial charge is 0.256 e. The second-order valence-corrected chi connectivity index (χ2v) is 1.84. The summed E-state index contributed by atoms with van der Waals surface area (Å²) in [7, 11) is 0. The molecule has 3 nitrogen and oxygen atoms in total. The maximum absolute atomic E-state index is 12.7. The molecule has 0 aliphatic carbocycles. The minimum atomic E-state index is -0.452. The molecule has 0 fully saturated rings. The normalized spacial score (nSPS) is 8.82.